The minimum atomic E-state index is -0.219. The Kier molecular flexibility index (Phi) is 6.52. The van der Waals surface area contributed by atoms with E-state index in [2.05, 4.69) is 31.6 Å². The first-order valence-corrected chi connectivity index (χ1v) is 10.0. The van der Waals surface area contributed by atoms with Crippen LogP contribution in [0.3, 0.4) is 0 Å². The maximum atomic E-state index is 12.2. The average molecular weight is 448 g/mol. The van der Waals surface area contributed by atoms with E-state index in [0.29, 0.717) is 23.0 Å². The summed E-state index contributed by atoms with van der Waals surface area (Å²) in [5.74, 6) is 0.551. The van der Waals surface area contributed by atoms with Crippen LogP contribution >= 0.6 is 27.7 Å². The standard InChI is InChI=1S/C19H18BrN3O3S/c1-26-16-8-7-13(9-14(16)20)21-18(25)11-27-19-22-15(10-17(24)23-19)12-5-3-2-4-6-12/h2-9,15H,10-11H2,1H3,(H,21,25)(H,22,23,24)/t15-/m0/s1. The van der Waals surface area contributed by atoms with Gasteiger partial charge in [0.05, 0.1) is 29.8 Å². The maximum Gasteiger partial charge on any atom is 0.234 e. The van der Waals surface area contributed by atoms with E-state index in [-0.39, 0.29) is 23.6 Å². The van der Waals surface area contributed by atoms with Crippen molar-refractivity contribution in [2.24, 2.45) is 4.99 Å². The zero-order valence-corrected chi connectivity index (χ0v) is 17.0. The molecule has 0 aromatic heterocycles. The monoisotopic (exact) mass is 447 g/mol. The summed E-state index contributed by atoms with van der Waals surface area (Å²) in [5.41, 5.74) is 1.64. The maximum absolute atomic E-state index is 12.2. The Morgan fingerprint density at radius 3 is 2.81 bits per heavy atom. The molecule has 8 heteroatoms. The largest absolute Gasteiger partial charge is 0.496 e. The number of benzene rings is 2. The highest BCUT2D eigenvalue weighted by atomic mass is 79.9. The van der Waals surface area contributed by atoms with Crippen LogP contribution in [0.4, 0.5) is 5.69 Å². The lowest BCUT2D eigenvalue weighted by Crippen LogP contribution is -2.35. The first kappa shape index (κ1) is 19.4. The van der Waals surface area contributed by atoms with E-state index in [4.69, 9.17) is 4.74 Å². The van der Waals surface area contributed by atoms with E-state index >= 15 is 0 Å². The Bertz CT molecular complexity index is 874. The molecule has 0 saturated carbocycles. The van der Waals surface area contributed by atoms with Crippen molar-refractivity contribution in [2.45, 2.75) is 12.5 Å². The summed E-state index contributed by atoms with van der Waals surface area (Å²) in [5, 5.41) is 6.01. The number of rotatable bonds is 5. The van der Waals surface area contributed by atoms with E-state index < -0.39 is 0 Å². The van der Waals surface area contributed by atoms with Gasteiger partial charge in [-0.25, -0.2) is 0 Å². The Balaban J connectivity index is 1.60. The van der Waals surface area contributed by atoms with Gasteiger partial charge < -0.3 is 15.4 Å². The Morgan fingerprint density at radius 1 is 1.33 bits per heavy atom. The van der Waals surface area contributed by atoms with Crippen LogP contribution in [0.2, 0.25) is 0 Å². The van der Waals surface area contributed by atoms with Gasteiger partial charge >= 0.3 is 0 Å². The molecule has 27 heavy (non-hydrogen) atoms. The number of thioether (sulfide) groups is 1. The van der Waals surface area contributed by atoms with Gasteiger partial charge in [0, 0.05) is 5.69 Å². The predicted molar refractivity (Wildman–Crippen MR) is 111 cm³/mol. The molecule has 0 spiro atoms. The molecule has 140 valence electrons. The number of methoxy groups -OCH3 is 1. The van der Waals surface area contributed by atoms with Gasteiger partial charge in [-0.1, -0.05) is 42.1 Å². The third kappa shape index (κ3) is 5.33. The second-order valence-corrected chi connectivity index (χ2v) is 7.62. The highest BCUT2D eigenvalue weighted by Crippen LogP contribution is 2.28. The fourth-order valence-corrected chi connectivity index (χ4v) is 3.85. The molecule has 0 radical (unpaired) electrons. The molecule has 1 aliphatic rings. The van der Waals surface area contributed by atoms with Crippen molar-refractivity contribution in [3.8, 4) is 5.75 Å². The van der Waals surface area contributed by atoms with Crippen LogP contribution in [-0.2, 0) is 9.59 Å². The third-order valence-corrected chi connectivity index (χ3v) is 5.37. The summed E-state index contributed by atoms with van der Waals surface area (Å²) >= 11 is 4.59. The van der Waals surface area contributed by atoms with Crippen molar-refractivity contribution in [1.82, 2.24) is 5.32 Å². The summed E-state index contributed by atoms with van der Waals surface area (Å²) < 4.78 is 5.92. The quantitative estimate of drug-likeness (QED) is 0.731. The highest BCUT2D eigenvalue weighted by Gasteiger charge is 2.23. The molecule has 2 aromatic carbocycles. The molecule has 2 aromatic rings. The second kappa shape index (κ2) is 9.05. The molecule has 1 heterocycles. The highest BCUT2D eigenvalue weighted by molar-refractivity contribution is 9.10. The number of aliphatic imine (C=N–C) groups is 1. The lowest BCUT2D eigenvalue weighted by Gasteiger charge is -2.20. The van der Waals surface area contributed by atoms with Gasteiger partial charge in [0.2, 0.25) is 11.8 Å². The normalized spacial score (nSPS) is 16.3. The first-order chi connectivity index (χ1) is 13.0. The Labute approximate surface area is 169 Å². The summed E-state index contributed by atoms with van der Waals surface area (Å²) in [6, 6.07) is 14.7. The third-order valence-electron chi connectivity index (χ3n) is 3.86. The van der Waals surface area contributed by atoms with Gasteiger partial charge in [-0.15, -0.1) is 0 Å². The average Bonchev–Trinajstić information content (AvgIpc) is 2.67. The number of amides is 2. The molecular formula is C19H18BrN3O3S. The number of carbonyl (C=O) groups is 2. The summed E-state index contributed by atoms with van der Waals surface area (Å²) in [7, 11) is 1.58. The number of ether oxygens (including phenoxy) is 1. The molecule has 2 amide bonds. The van der Waals surface area contributed by atoms with E-state index in [1.54, 1.807) is 25.3 Å². The summed E-state index contributed by atoms with van der Waals surface area (Å²) in [6.45, 7) is 0. The smallest absolute Gasteiger partial charge is 0.234 e. The van der Waals surface area contributed by atoms with Crippen molar-refractivity contribution < 1.29 is 14.3 Å². The molecule has 3 rings (SSSR count). The second-order valence-electron chi connectivity index (χ2n) is 5.80. The van der Waals surface area contributed by atoms with Crippen molar-refractivity contribution in [2.75, 3.05) is 18.2 Å². The first-order valence-electron chi connectivity index (χ1n) is 8.24. The van der Waals surface area contributed by atoms with Crippen LogP contribution in [0, 0.1) is 0 Å². The minimum Gasteiger partial charge on any atom is -0.496 e. The molecule has 6 nitrogen and oxygen atoms in total. The van der Waals surface area contributed by atoms with Crippen LogP contribution in [0.15, 0.2) is 58.0 Å². The van der Waals surface area contributed by atoms with Crippen LogP contribution in [0.5, 0.6) is 5.75 Å². The van der Waals surface area contributed by atoms with E-state index in [1.807, 2.05) is 30.3 Å². The molecule has 0 bridgehead atoms. The molecule has 1 atom stereocenters. The molecule has 0 fully saturated rings. The van der Waals surface area contributed by atoms with Crippen LogP contribution in [-0.4, -0.2) is 29.8 Å². The zero-order valence-electron chi connectivity index (χ0n) is 14.6. The van der Waals surface area contributed by atoms with Gasteiger partial charge in [-0.05, 0) is 39.7 Å². The topological polar surface area (TPSA) is 79.8 Å². The van der Waals surface area contributed by atoms with Crippen molar-refractivity contribution in [3.05, 3.63) is 58.6 Å². The summed E-state index contributed by atoms with van der Waals surface area (Å²) in [6.07, 6.45) is 0.306. The zero-order chi connectivity index (χ0) is 19.2. The van der Waals surface area contributed by atoms with E-state index in [9.17, 15) is 9.59 Å². The van der Waals surface area contributed by atoms with Crippen molar-refractivity contribution in [1.29, 1.82) is 0 Å². The molecule has 2 N–H and O–H groups in total. The van der Waals surface area contributed by atoms with Gasteiger partial charge in [-0.3, -0.25) is 14.6 Å². The lowest BCUT2D eigenvalue weighted by molar-refractivity contribution is -0.120. The van der Waals surface area contributed by atoms with Gasteiger partial charge in [0.15, 0.2) is 5.17 Å². The fraction of sp³-hybridized carbons (Fsp3) is 0.211. The summed E-state index contributed by atoms with van der Waals surface area (Å²) in [4.78, 5) is 28.7. The molecule has 1 aliphatic heterocycles. The Morgan fingerprint density at radius 2 is 2.11 bits per heavy atom. The number of hydrogen-bond acceptors (Lipinski definition) is 5. The minimum absolute atomic E-state index is 0.0964. The number of anilines is 1. The van der Waals surface area contributed by atoms with Crippen molar-refractivity contribution >= 4 is 50.4 Å². The number of carbonyl (C=O) groups excluding carboxylic acids is 2. The number of halogens is 1. The van der Waals surface area contributed by atoms with Crippen molar-refractivity contribution in [3.63, 3.8) is 0 Å². The Hall–Kier alpha value is -2.32. The van der Waals surface area contributed by atoms with Crippen LogP contribution < -0.4 is 15.4 Å². The van der Waals surface area contributed by atoms with Crippen LogP contribution in [0.25, 0.3) is 0 Å². The molecular weight excluding hydrogens is 430 g/mol. The molecule has 0 saturated heterocycles. The molecule has 0 aliphatic carbocycles. The number of nitrogens with zero attached hydrogens (tertiary/aromatic N) is 1. The molecule has 0 unspecified atom stereocenters. The fourth-order valence-electron chi connectivity index (χ4n) is 2.58. The lowest BCUT2D eigenvalue weighted by atomic mass is 10.0. The van der Waals surface area contributed by atoms with Crippen LogP contribution in [0.1, 0.15) is 18.0 Å². The predicted octanol–water partition coefficient (Wildman–Crippen LogP) is 3.75. The number of hydrogen-bond donors (Lipinski definition) is 2. The van der Waals surface area contributed by atoms with Gasteiger partial charge in [0.1, 0.15) is 5.75 Å². The van der Waals surface area contributed by atoms with Gasteiger partial charge in [-0.2, -0.15) is 0 Å². The number of amidine groups is 1. The number of nitrogens with one attached hydrogen (secondary N) is 2. The van der Waals surface area contributed by atoms with E-state index in [1.165, 1.54) is 11.8 Å². The SMILES string of the molecule is COc1ccc(NC(=O)CSC2=N[C@H](c3ccccc3)CC(=O)N2)cc1Br. The van der Waals surface area contributed by atoms with Gasteiger partial charge in [0.25, 0.3) is 0 Å². The van der Waals surface area contributed by atoms with E-state index in [0.717, 1.165) is 10.0 Å².